The molecule has 0 radical (unpaired) electrons. The van der Waals surface area contributed by atoms with Crippen molar-refractivity contribution in [1.82, 2.24) is 9.80 Å². The summed E-state index contributed by atoms with van der Waals surface area (Å²) in [5.74, 6) is 0.118. The SMILES string of the molecule is CCOC(=O)[C@H]1CCCN(CCCN2CCCC2)C1. The van der Waals surface area contributed by atoms with Gasteiger partial charge in [-0.15, -0.1) is 0 Å². The molecule has 4 nitrogen and oxygen atoms in total. The minimum atomic E-state index is 0.00624. The second-order valence-electron chi connectivity index (χ2n) is 5.79. The van der Waals surface area contributed by atoms with E-state index in [4.69, 9.17) is 4.74 Å². The molecule has 0 amide bonds. The van der Waals surface area contributed by atoms with E-state index in [2.05, 4.69) is 9.80 Å². The fourth-order valence-corrected chi connectivity index (χ4v) is 3.24. The van der Waals surface area contributed by atoms with Gasteiger partial charge in [0.2, 0.25) is 0 Å². The minimum Gasteiger partial charge on any atom is -0.466 e. The van der Waals surface area contributed by atoms with E-state index in [1.165, 1.54) is 38.9 Å². The van der Waals surface area contributed by atoms with Gasteiger partial charge in [-0.2, -0.15) is 0 Å². The molecule has 0 N–H and O–H groups in total. The molecule has 110 valence electrons. The zero-order valence-corrected chi connectivity index (χ0v) is 12.3. The first-order valence-electron chi connectivity index (χ1n) is 7.91. The Bertz CT molecular complexity index is 277. The number of nitrogens with zero attached hydrogens (tertiary/aromatic N) is 2. The van der Waals surface area contributed by atoms with Crippen molar-refractivity contribution in [2.45, 2.75) is 39.0 Å². The van der Waals surface area contributed by atoms with Crippen molar-refractivity contribution in [3.05, 3.63) is 0 Å². The summed E-state index contributed by atoms with van der Waals surface area (Å²) in [5, 5.41) is 0. The Morgan fingerprint density at radius 1 is 1.11 bits per heavy atom. The predicted molar refractivity (Wildman–Crippen MR) is 76.1 cm³/mol. The number of carbonyl (C=O) groups is 1. The van der Waals surface area contributed by atoms with Crippen molar-refractivity contribution in [3.8, 4) is 0 Å². The third kappa shape index (κ3) is 4.77. The number of ether oxygens (including phenoxy) is 1. The standard InChI is InChI=1S/C15H28N2O2/c1-2-19-15(18)14-7-5-10-17(13-14)12-6-11-16-8-3-4-9-16/h14H,2-13H2,1H3/t14-/m0/s1. The number of piperidine rings is 1. The van der Waals surface area contributed by atoms with Crippen LogP contribution >= 0.6 is 0 Å². The first kappa shape index (κ1) is 14.8. The van der Waals surface area contributed by atoms with Gasteiger partial charge in [0.05, 0.1) is 12.5 Å². The highest BCUT2D eigenvalue weighted by Crippen LogP contribution is 2.18. The molecular formula is C15H28N2O2. The molecule has 2 fully saturated rings. The molecule has 2 saturated heterocycles. The maximum absolute atomic E-state index is 11.8. The number of rotatable bonds is 6. The number of esters is 1. The highest BCUT2D eigenvalue weighted by atomic mass is 16.5. The van der Waals surface area contributed by atoms with E-state index < -0.39 is 0 Å². The fourth-order valence-electron chi connectivity index (χ4n) is 3.24. The Morgan fingerprint density at radius 3 is 2.53 bits per heavy atom. The summed E-state index contributed by atoms with van der Waals surface area (Å²) in [4.78, 5) is 16.8. The van der Waals surface area contributed by atoms with Gasteiger partial charge in [0.25, 0.3) is 0 Å². The summed E-state index contributed by atoms with van der Waals surface area (Å²) in [5.41, 5.74) is 0. The van der Waals surface area contributed by atoms with Crippen molar-refractivity contribution in [2.24, 2.45) is 5.92 Å². The van der Waals surface area contributed by atoms with Crippen LogP contribution in [0.25, 0.3) is 0 Å². The predicted octanol–water partition coefficient (Wildman–Crippen LogP) is 1.75. The van der Waals surface area contributed by atoms with Crippen LogP contribution in [0.5, 0.6) is 0 Å². The van der Waals surface area contributed by atoms with Crippen LogP contribution in [-0.4, -0.2) is 61.6 Å². The molecule has 0 spiro atoms. The Hall–Kier alpha value is -0.610. The van der Waals surface area contributed by atoms with E-state index in [9.17, 15) is 4.79 Å². The van der Waals surface area contributed by atoms with E-state index in [-0.39, 0.29) is 11.9 Å². The van der Waals surface area contributed by atoms with Crippen molar-refractivity contribution < 1.29 is 9.53 Å². The van der Waals surface area contributed by atoms with E-state index >= 15 is 0 Å². The van der Waals surface area contributed by atoms with Gasteiger partial charge < -0.3 is 14.5 Å². The van der Waals surface area contributed by atoms with Gasteiger partial charge in [-0.1, -0.05) is 0 Å². The Morgan fingerprint density at radius 2 is 1.79 bits per heavy atom. The van der Waals surface area contributed by atoms with E-state index in [0.29, 0.717) is 6.61 Å². The van der Waals surface area contributed by atoms with Gasteiger partial charge >= 0.3 is 5.97 Å². The maximum Gasteiger partial charge on any atom is 0.310 e. The molecule has 0 aromatic heterocycles. The molecule has 1 atom stereocenters. The van der Waals surface area contributed by atoms with Crippen LogP contribution < -0.4 is 0 Å². The summed E-state index contributed by atoms with van der Waals surface area (Å²) in [6.07, 6.45) is 6.10. The lowest BCUT2D eigenvalue weighted by Crippen LogP contribution is -2.40. The van der Waals surface area contributed by atoms with Gasteiger partial charge in [-0.05, 0) is 71.8 Å². The monoisotopic (exact) mass is 268 g/mol. The van der Waals surface area contributed by atoms with E-state index in [0.717, 1.165) is 32.5 Å². The van der Waals surface area contributed by atoms with Gasteiger partial charge in [-0.3, -0.25) is 4.79 Å². The zero-order chi connectivity index (χ0) is 13.5. The van der Waals surface area contributed by atoms with Crippen LogP contribution in [0.1, 0.15) is 39.0 Å². The largest absolute Gasteiger partial charge is 0.466 e. The normalized spacial score (nSPS) is 25.6. The molecular weight excluding hydrogens is 240 g/mol. The minimum absolute atomic E-state index is 0.00624. The third-order valence-corrected chi connectivity index (χ3v) is 4.27. The maximum atomic E-state index is 11.8. The van der Waals surface area contributed by atoms with Crippen molar-refractivity contribution >= 4 is 5.97 Å². The number of carbonyl (C=O) groups excluding carboxylic acids is 1. The summed E-state index contributed by atoms with van der Waals surface area (Å²) in [7, 11) is 0. The molecule has 2 rings (SSSR count). The molecule has 0 aromatic rings. The van der Waals surface area contributed by atoms with Gasteiger partial charge in [-0.25, -0.2) is 0 Å². The second kappa shape index (κ2) is 7.85. The molecule has 0 bridgehead atoms. The third-order valence-electron chi connectivity index (χ3n) is 4.27. The topological polar surface area (TPSA) is 32.8 Å². The lowest BCUT2D eigenvalue weighted by Gasteiger charge is -2.31. The molecule has 4 heteroatoms. The molecule has 0 unspecified atom stereocenters. The Balaban J connectivity index is 1.64. The van der Waals surface area contributed by atoms with Crippen LogP contribution in [0.3, 0.4) is 0 Å². The zero-order valence-electron chi connectivity index (χ0n) is 12.3. The van der Waals surface area contributed by atoms with Gasteiger partial charge in [0.15, 0.2) is 0 Å². The van der Waals surface area contributed by atoms with Gasteiger partial charge in [0.1, 0.15) is 0 Å². The number of hydrogen-bond acceptors (Lipinski definition) is 4. The van der Waals surface area contributed by atoms with Crippen LogP contribution in [0, 0.1) is 5.92 Å². The fraction of sp³-hybridized carbons (Fsp3) is 0.933. The van der Waals surface area contributed by atoms with E-state index in [1.807, 2.05) is 6.92 Å². The molecule has 2 aliphatic rings. The smallest absolute Gasteiger partial charge is 0.310 e. The molecule has 0 aliphatic carbocycles. The van der Waals surface area contributed by atoms with Crippen molar-refractivity contribution in [1.29, 1.82) is 0 Å². The molecule has 0 saturated carbocycles. The summed E-state index contributed by atoms with van der Waals surface area (Å²) in [6.45, 7) is 9.36. The van der Waals surface area contributed by atoms with Gasteiger partial charge in [0, 0.05) is 6.54 Å². The molecule has 2 heterocycles. The van der Waals surface area contributed by atoms with Crippen LogP contribution in [0.15, 0.2) is 0 Å². The summed E-state index contributed by atoms with van der Waals surface area (Å²) < 4.78 is 5.14. The number of likely N-dealkylation sites (tertiary alicyclic amines) is 2. The average molecular weight is 268 g/mol. The molecule has 19 heavy (non-hydrogen) atoms. The second-order valence-corrected chi connectivity index (χ2v) is 5.79. The lowest BCUT2D eigenvalue weighted by atomic mass is 9.98. The average Bonchev–Trinajstić information content (AvgIpc) is 2.93. The first-order chi connectivity index (χ1) is 9.29. The summed E-state index contributed by atoms with van der Waals surface area (Å²) in [6, 6.07) is 0. The highest BCUT2D eigenvalue weighted by Gasteiger charge is 2.26. The quantitative estimate of drug-likeness (QED) is 0.687. The van der Waals surface area contributed by atoms with Crippen molar-refractivity contribution in [3.63, 3.8) is 0 Å². The Labute approximate surface area is 117 Å². The Kier molecular flexibility index (Phi) is 6.11. The van der Waals surface area contributed by atoms with Crippen LogP contribution in [0.2, 0.25) is 0 Å². The van der Waals surface area contributed by atoms with Crippen LogP contribution in [-0.2, 0) is 9.53 Å². The van der Waals surface area contributed by atoms with Crippen molar-refractivity contribution in [2.75, 3.05) is 45.9 Å². The van der Waals surface area contributed by atoms with Crippen LogP contribution in [0.4, 0.5) is 0 Å². The first-order valence-corrected chi connectivity index (χ1v) is 7.91. The number of hydrogen-bond donors (Lipinski definition) is 0. The summed E-state index contributed by atoms with van der Waals surface area (Å²) >= 11 is 0. The molecule has 2 aliphatic heterocycles. The lowest BCUT2D eigenvalue weighted by molar-refractivity contribution is -0.149. The van der Waals surface area contributed by atoms with E-state index in [1.54, 1.807) is 0 Å². The highest BCUT2D eigenvalue weighted by molar-refractivity contribution is 5.72. The molecule has 0 aromatic carbocycles.